The molecule has 1 unspecified atom stereocenters. The lowest BCUT2D eigenvalue weighted by Gasteiger charge is -2.29. The zero-order chi connectivity index (χ0) is 22.1. The van der Waals surface area contributed by atoms with E-state index in [4.69, 9.17) is 4.74 Å². The molecule has 2 aromatic rings. The third kappa shape index (κ3) is 4.69. The van der Waals surface area contributed by atoms with E-state index in [1.807, 2.05) is 0 Å². The lowest BCUT2D eigenvalue weighted by Crippen LogP contribution is -2.41. The average molecular weight is 432 g/mol. The first kappa shape index (κ1) is 21.5. The second-order valence-electron chi connectivity index (χ2n) is 6.16. The quantitative estimate of drug-likeness (QED) is 0.471. The molecule has 0 amide bonds. The Balaban J connectivity index is 2.22. The van der Waals surface area contributed by atoms with E-state index in [2.05, 4.69) is 9.47 Å². The van der Waals surface area contributed by atoms with Gasteiger partial charge >= 0.3 is 18.5 Å². The Morgan fingerprint density at radius 2 is 1.73 bits per heavy atom. The summed E-state index contributed by atoms with van der Waals surface area (Å²) in [4.78, 5) is 12.1. The number of halogens is 6. The molecule has 0 spiro atoms. The number of carbonyl (C=O) groups excluding carboxylic acids is 1. The number of esters is 1. The number of alkyl halides is 6. The van der Waals surface area contributed by atoms with Crippen LogP contribution in [0, 0.1) is 0 Å². The maximum atomic E-state index is 13.6. The highest BCUT2D eigenvalue weighted by molar-refractivity contribution is 5.97. The molecule has 0 fully saturated rings. The summed E-state index contributed by atoms with van der Waals surface area (Å²) in [7, 11) is 0. The van der Waals surface area contributed by atoms with Crippen LogP contribution in [0.2, 0.25) is 0 Å². The third-order valence-electron chi connectivity index (χ3n) is 4.05. The number of fused-ring (bicyclic) bond motifs is 1. The molecule has 0 radical (unpaired) electrons. The molecule has 0 N–H and O–H groups in total. The first-order valence-corrected chi connectivity index (χ1v) is 8.61. The fourth-order valence-corrected chi connectivity index (χ4v) is 2.94. The maximum Gasteiger partial charge on any atom is 0.573 e. The summed E-state index contributed by atoms with van der Waals surface area (Å²) in [6, 6.07) is 9.50. The van der Waals surface area contributed by atoms with Gasteiger partial charge in [0.1, 0.15) is 11.5 Å². The van der Waals surface area contributed by atoms with Gasteiger partial charge in [0.2, 0.25) is 6.10 Å². The van der Waals surface area contributed by atoms with Gasteiger partial charge in [0, 0.05) is 11.1 Å². The van der Waals surface area contributed by atoms with Gasteiger partial charge in [-0.25, -0.2) is 4.79 Å². The molecular weight excluding hydrogens is 418 g/mol. The van der Waals surface area contributed by atoms with E-state index in [0.717, 1.165) is 18.2 Å². The monoisotopic (exact) mass is 432 g/mol. The van der Waals surface area contributed by atoms with Crippen molar-refractivity contribution in [3.05, 3.63) is 53.6 Å². The van der Waals surface area contributed by atoms with Crippen molar-refractivity contribution in [2.75, 3.05) is 6.61 Å². The summed E-state index contributed by atoms with van der Waals surface area (Å²) in [5.74, 6) is -2.28. The largest absolute Gasteiger partial charge is 0.573 e. The predicted octanol–water partition coefficient (Wildman–Crippen LogP) is 5.52. The van der Waals surface area contributed by atoms with Gasteiger partial charge in [0.25, 0.3) is 0 Å². The Hall–Kier alpha value is -3.17. The van der Waals surface area contributed by atoms with E-state index >= 15 is 0 Å². The normalized spacial score (nSPS) is 16.2. The van der Waals surface area contributed by atoms with Crippen molar-refractivity contribution in [2.24, 2.45) is 0 Å². The van der Waals surface area contributed by atoms with E-state index in [-0.39, 0.29) is 23.5 Å². The first-order valence-electron chi connectivity index (χ1n) is 8.61. The van der Waals surface area contributed by atoms with Gasteiger partial charge < -0.3 is 14.2 Å². The number of carbonyl (C=O) groups is 1. The topological polar surface area (TPSA) is 44.8 Å². The lowest BCUT2D eigenvalue weighted by atomic mass is 9.95. The van der Waals surface area contributed by atoms with Crippen LogP contribution in [0.5, 0.6) is 11.5 Å². The van der Waals surface area contributed by atoms with E-state index in [9.17, 15) is 31.1 Å². The van der Waals surface area contributed by atoms with Gasteiger partial charge in [-0.1, -0.05) is 30.3 Å². The molecule has 160 valence electrons. The molecule has 2 aromatic carbocycles. The zero-order valence-electron chi connectivity index (χ0n) is 15.3. The fourth-order valence-electron chi connectivity index (χ4n) is 2.94. The summed E-state index contributed by atoms with van der Waals surface area (Å²) in [6.07, 6.45) is -11.8. The molecule has 1 aliphatic heterocycles. The number of benzene rings is 2. The molecule has 0 saturated carbocycles. The second kappa shape index (κ2) is 7.92. The van der Waals surface area contributed by atoms with Gasteiger partial charge in [0.15, 0.2) is 0 Å². The average Bonchev–Trinajstić information content (AvgIpc) is 2.65. The summed E-state index contributed by atoms with van der Waals surface area (Å²) >= 11 is 0. The highest BCUT2D eigenvalue weighted by Gasteiger charge is 2.49. The SMILES string of the molecule is CCOC(=O)C1=Cc2cc(OC(F)(F)F)cc(-c3ccccc3)c2OC1C(F)(F)F. The predicted molar refractivity (Wildman–Crippen MR) is 93.6 cm³/mol. The highest BCUT2D eigenvalue weighted by Crippen LogP contribution is 2.45. The van der Waals surface area contributed by atoms with Gasteiger partial charge in [0.05, 0.1) is 12.2 Å². The molecule has 0 bridgehead atoms. The van der Waals surface area contributed by atoms with Crippen molar-refractivity contribution < 1.29 is 45.3 Å². The van der Waals surface area contributed by atoms with Gasteiger partial charge in [-0.05, 0) is 30.7 Å². The molecule has 30 heavy (non-hydrogen) atoms. The Kier molecular flexibility index (Phi) is 5.69. The molecule has 0 aromatic heterocycles. The van der Waals surface area contributed by atoms with E-state index < -0.39 is 35.9 Å². The molecule has 0 saturated heterocycles. The van der Waals surface area contributed by atoms with Crippen LogP contribution in [0.1, 0.15) is 12.5 Å². The van der Waals surface area contributed by atoms with Crippen molar-refractivity contribution in [1.29, 1.82) is 0 Å². The summed E-state index contributed by atoms with van der Waals surface area (Å²) in [5, 5.41) is 0. The van der Waals surface area contributed by atoms with E-state index in [1.165, 1.54) is 19.1 Å². The van der Waals surface area contributed by atoms with Crippen LogP contribution in [0.4, 0.5) is 26.3 Å². The van der Waals surface area contributed by atoms with Crippen molar-refractivity contribution in [3.8, 4) is 22.6 Å². The molecule has 1 aliphatic rings. The summed E-state index contributed by atoms with van der Waals surface area (Å²) in [6.45, 7) is 1.21. The minimum absolute atomic E-state index is 0.0549. The van der Waals surface area contributed by atoms with Gasteiger partial charge in [-0.2, -0.15) is 13.2 Å². The van der Waals surface area contributed by atoms with Crippen LogP contribution in [-0.2, 0) is 9.53 Å². The summed E-state index contributed by atoms with van der Waals surface area (Å²) in [5.41, 5.74) is -0.810. The molecule has 1 heterocycles. The van der Waals surface area contributed by atoms with Crippen LogP contribution < -0.4 is 9.47 Å². The molecular formula is C20H14F6O4. The Labute approximate surface area is 166 Å². The molecule has 0 aliphatic carbocycles. The number of ether oxygens (including phenoxy) is 3. The minimum Gasteiger partial charge on any atom is -0.475 e. The van der Waals surface area contributed by atoms with E-state index in [0.29, 0.717) is 5.56 Å². The third-order valence-corrected chi connectivity index (χ3v) is 4.05. The lowest BCUT2D eigenvalue weighted by molar-refractivity contribution is -0.274. The Morgan fingerprint density at radius 1 is 1.07 bits per heavy atom. The maximum absolute atomic E-state index is 13.6. The van der Waals surface area contributed by atoms with Gasteiger partial charge in [-0.3, -0.25) is 0 Å². The first-order chi connectivity index (χ1) is 14.0. The molecule has 10 heteroatoms. The molecule has 3 rings (SSSR count). The van der Waals surface area contributed by atoms with Crippen LogP contribution in [0.15, 0.2) is 48.0 Å². The fraction of sp³-hybridized carbons (Fsp3) is 0.250. The van der Waals surface area contributed by atoms with E-state index in [1.54, 1.807) is 18.2 Å². The van der Waals surface area contributed by atoms with Crippen molar-refractivity contribution in [1.82, 2.24) is 0 Å². The van der Waals surface area contributed by atoms with Crippen LogP contribution >= 0.6 is 0 Å². The van der Waals surface area contributed by atoms with Crippen molar-refractivity contribution in [2.45, 2.75) is 25.6 Å². The molecule has 4 nitrogen and oxygen atoms in total. The Bertz CT molecular complexity index is 964. The molecule has 1 atom stereocenters. The number of hydrogen-bond acceptors (Lipinski definition) is 4. The van der Waals surface area contributed by atoms with Crippen LogP contribution in [-0.4, -0.2) is 31.2 Å². The van der Waals surface area contributed by atoms with Crippen molar-refractivity contribution in [3.63, 3.8) is 0 Å². The van der Waals surface area contributed by atoms with Gasteiger partial charge in [-0.15, -0.1) is 13.2 Å². The highest BCUT2D eigenvalue weighted by atomic mass is 19.4. The van der Waals surface area contributed by atoms with Crippen molar-refractivity contribution >= 4 is 12.0 Å². The zero-order valence-corrected chi connectivity index (χ0v) is 15.3. The number of hydrogen-bond donors (Lipinski definition) is 0. The summed E-state index contributed by atoms with van der Waals surface area (Å²) < 4.78 is 92.7. The smallest absolute Gasteiger partial charge is 0.475 e. The minimum atomic E-state index is -5.03. The second-order valence-corrected chi connectivity index (χ2v) is 6.16. The van der Waals surface area contributed by atoms with Crippen LogP contribution in [0.25, 0.3) is 17.2 Å². The number of rotatable bonds is 4. The van der Waals surface area contributed by atoms with Crippen LogP contribution in [0.3, 0.4) is 0 Å². The Morgan fingerprint density at radius 3 is 2.30 bits per heavy atom. The standard InChI is InChI=1S/C20H14F6O4/c1-2-28-18(27)15-9-12-8-13(30-20(24,25)26)10-14(11-6-4-3-5-7-11)16(12)29-17(15)19(21,22)23/h3-10,17H,2H2,1H3.